The second-order valence-corrected chi connectivity index (χ2v) is 5.46. The number of ketones is 1. The number of aromatic amines is 1. The summed E-state index contributed by atoms with van der Waals surface area (Å²) in [4.78, 5) is 60.1. The van der Waals surface area contributed by atoms with Crippen LogP contribution in [0.15, 0.2) is 46.1 Å². The molecule has 0 fully saturated rings. The van der Waals surface area contributed by atoms with Crippen molar-refractivity contribution < 1.29 is 19.1 Å². The molecule has 0 aliphatic heterocycles. The normalized spacial score (nSPS) is 11.5. The Morgan fingerprint density at radius 2 is 1.88 bits per heavy atom. The molecule has 1 amide bonds. The maximum absolute atomic E-state index is 12.2. The molecule has 0 bridgehead atoms. The molecule has 0 radical (unpaired) electrons. The Hall–Kier alpha value is -3.49. The van der Waals surface area contributed by atoms with Crippen molar-refractivity contribution >= 4 is 23.3 Å². The number of nitrogens with one attached hydrogen (secondary N) is 2. The Labute approximate surface area is 147 Å². The Balaban J connectivity index is 2.00. The van der Waals surface area contributed by atoms with Crippen molar-refractivity contribution in [1.29, 1.82) is 0 Å². The average molecular weight is 359 g/mol. The fourth-order valence-electron chi connectivity index (χ4n) is 2.13. The van der Waals surface area contributed by atoms with Gasteiger partial charge in [-0.1, -0.05) is 12.1 Å². The van der Waals surface area contributed by atoms with Crippen molar-refractivity contribution in [2.45, 2.75) is 26.5 Å². The van der Waals surface area contributed by atoms with Gasteiger partial charge in [-0.2, -0.15) is 0 Å². The number of anilines is 1. The number of rotatable bonds is 6. The molecule has 2 N–H and O–H groups in total. The maximum atomic E-state index is 12.2. The van der Waals surface area contributed by atoms with E-state index in [1.54, 1.807) is 24.3 Å². The Bertz CT molecular complexity index is 959. The molecule has 0 aliphatic carbocycles. The van der Waals surface area contributed by atoms with Crippen LogP contribution in [0.25, 0.3) is 0 Å². The molecule has 9 nitrogen and oxygen atoms in total. The first-order valence-electron chi connectivity index (χ1n) is 7.68. The lowest BCUT2D eigenvalue weighted by atomic mass is 10.1. The number of benzene rings is 1. The quantitative estimate of drug-likeness (QED) is 0.564. The van der Waals surface area contributed by atoms with Gasteiger partial charge >= 0.3 is 11.7 Å². The highest BCUT2D eigenvalue weighted by molar-refractivity contribution is 6.04. The van der Waals surface area contributed by atoms with E-state index >= 15 is 0 Å². The molecule has 0 saturated carbocycles. The third kappa shape index (κ3) is 4.76. The Morgan fingerprint density at radius 1 is 1.19 bits per heavy atom. The summed E-state index contributed by atoms with van der Waals surface area (Å²) in [6, 6.07) is 7.53. The van der Waals surface area contributed by atoms with Crippen molar-refractivity contribution in [3.8, 4) is 0 Å². The topological polar surface area (TPSA) is 127 Å². The SMILES string of the molecule is CC(=O)c1ccccc1NC(=O)[C@@H](C)OC(=O)Cn1ccc(=O)[nH]c1=O. The summed E-state index contributed by atoms with van der Waals surface area (Å²) in [5, 5.41) is 2.53. The number of ether oxygens (including phenoxy) is 1. The number of carbonyl (C=O) groups is 3. The third-order valence-corrected chi connectivity index (χ3v) is 3.44. The van der Waals surface area contributed by atoms with Crippen molar-refractivity contribution in [2.75, 3.05) is 5.32 Å². The zero-order valence-corrected chi connectivity index (χ0v) is 14.1. The van der Waals surface area contributed by atoms with E-state index in [1.807, 2.05) is 4.98 Å². The van der Waals surface area contributed by atoms with Crippen LogP contribution in [0.3, 0.4) is 0 Å². The average Bonchev–Trinajstić information content (AvgIpc) is 2.57. The van der Waals surface area contributed by atoms with Crippen LogP contribution in [0.5, 0.6) is 0 Å². The van der Waals surface area contributed by atoms with Crippen LogP contribution >= 0.6 is 0 Å². The van der Waals surface area contributed by atoms with Crippen LogP contribution in [0.1, 0.15) is 24.2 Å². The number of hydrogen-bond acceptors (Lipinski definition) is 6. The molecule has 1 atom stereocenters. The number of esters is 1. The highest BCUT2D eigenvalue weighted by atomic mass is 16.5. The number of aromatic nitrogens is 2. The number of amides is 1. The number of nitrogens with zero attached hydrogens (tertiary/aromatic N) is 1. The summed E-state index contributed by atoms with van der Waals surface area (Å²) in [7, 11) is 0. The first-order valence-corrected chi connectivity index (χ1v) is 7.68. The largest absolute Gasteiger partial charge is 0.451 e. The van der Waals surface area contributed by atoms with Crippen LogP contribution in [0.2, 0.25) is 0 Å². The lowest BCUT2D eigenvalue weighted by Crippen LogP contribution is -2.35. The molecule has 2 aromatic rings. The molecule has 136 valence electrons. The van der Waals surface area contributed by atoms with E-state index in [-0.39, 0.29) is 5.78 Å². The molecular formula is C17H17N3O6. The Morgan fingerprint density at radius 3 is 2.54 bits per heavy atom. The molecule has 1 aromatic carbocycles. The molecule has 9 heteroatoms. The first-order chi connectivity index (χ1) is 12.3. The van der Waals surface area contributed by atoms with Gasteiger partial charge in [0.15, 0.2) is 11.9 Å². The minimum atomic E-state index is -1.15. The zero-order valence-electron chi connectivity index (χ0n) is 14.1. The van der Waals surface area contributed by atoms with Gasteiger partial charge < -0.3 is 10.1 Å². The predicted molar refractivity (Wildman–Crippen MR) is 92.0 cm³/mol. The minimum absolute atomic E-state index is 0.219. The molecule has 0 unspecified atom stereocenters. The highest BCUT2D eigenvalue weighted by Gasteiger charge is 2.20. The van der Waals surface area contributed by atoms with E-state index in [1.165, 1.54) is 13.8 Å². The number of hydrogen-bond donors (Lipinski definition) is 2. The Kier molecular flexibility index (Phi) is 5.84. The third-order valence-electron chi connectivity index (χ3n) is 3.44. The fraction of sp³-hybridized carbons (Fsp3) is 0.235. The van der Waals surface area contributed by atoms with Gasteiger partial charge in [0.2, 0.25) is 0 Å². The van der Waals surface area contributed by atoms with Gasteiger partial charge in [-0.15, -0.1) is 0 Å². The van der Waals surface area contributed by atoms with Crippen molar-refractivity contribution in [3.63, 3.8) is 0 Å². The lowest BCUT2D eigenvalue weighted by Gasteiger charge is -2.15. The van der Waals surface area contributed by atoms with Gasteiger partial charge in [-0.3, -0.25) is 28.7 Å². The predicted octanol–water partition coefficient (Wildman–Crippen LogP) is 0.310. The zero-order chi connectivity index (χ0) is 19.3. The molecule has 1 aromatic heterocycles. The number of H-pyrrole nitrogens is 1. The van der Waals surface area contributed by atoms with Gasteiger partial charge in [0, 0.05) is 17.8 Å². The maximum Gasteiger partial charge on any atom is 0.328 e. The molecule has 0 saturated heterocycles. The number of Topliss-reactive ketones (excluding diaryl/α,β-unsaturated/α-hetero) is 1. The van der Waals surface area contributed by atoms with Crippen molar-refractivity contribution in [1.82, 2.24) is 9.55 Å². The van der Waals surface area contributed by atoms with Crippen LogP contribution in [-0.4, -0.2) is 33.3 Å². The van der Waals surface area contributed by atoms with E-state index in [2.05, 4.69) is 5.32 Å². The summed E-state index contributed by atoms with van der Waals surface area (Å²) in [5.41, 5.74) is -0.706. The van der Waals surface area contributed by atoms with Crippen molar-refractivity contribution in [2.24, 2.45) is 0 Å². The smallest absolute Gasteiger partial charge is 0.328 e. The monoisotopic (exact) mass is 359 g/mol. The molecule has 0 spiro atoms. The van der Waals surface area contributed by atoms with Crippen LogP contribution < -0.4 is 16.6 Å². The molecule has 26 heavy (non-hydrogen) atoms. The van der Waals surface area contributed by atoms with E-state index in [4.69, 9.17) is 4.74 Å². The standard InChI is InChI=1S/C17H17N3O6/c1-10(21)12-5-3-4-6-13(12)18-16(24)11(2)26-15(23)9-20-8-7-14(22)19-17(20)25/h3-8,11H,9H2,1-2H3,(H,18,24)(H,19,22,25)/t11-/m1/s1. The summed E-state index contributed by atoms with van der Waals surface area (Å²) in [6.07, 6.45) is -0.00279. The van der Waals surface area contributed by atoms with Gasteiger partial charge in [-0.25, -0.2) is 4.79 Å². The number of para-hydroxylation sites is 1. The van der Waals surface area contributed by atoms with Gasteiger partial charge in [0.25, 0.3) is 11.5 Å². The van der Waals surface area contributed by atoms with Crippen molar-refractivity contribution in [3.05, 3.63) is 62.9 Å². The first kappa shape index (κ1) is 18.8. The summed E-state index contributed by atoms with van der Waals surface area (Å²) in [6.45, 7) is 2.27. The van der Waals surface area contributed by atoms with E-state index in [9.17, 15) is 24.0 Å². The molecule has 0 aliphatic rings. The lowest BCUT2D eigenvalue weighted by molar-refractivity contribution is -0.153. The minimum Gasteiger partial charge on any atom is -0.451 e. The van der Waals surface area contributed by atoms with Crippen LogP contribution in [0.4, 0.5) is 5.69 Å². The van der Waals surface area contributed by atoms with E-state index in [0.29, 0.717) is 11.3 Å². The summed E-state index contributed by atoms with van der Waals surface area (Å²) < 4.78 is 5.93. The molecule has 1 heterocycles. The van der Waals surface area contributed by atoms with Gasteiger partial charge in [0.1, 0.15) is 6.54 Å². The molecule has 2 rings (SSSR count). The van der Waals surface area contributed by atoms with E-state index in [0.717, 1.165) is 16.8 Å². The number of carbonyl (C=O) groups excluding carboxylic acids is 3. The summed E-state index contributed by atoms with van der Waals surface area (Å²) in [5.74, 6) is -1.68. The fourth-order valence-corrected chi connectivity index (χ4v) is 2.13. The second kappa shape index (κ2) is 8.06. The highest BCUT2D eigenvalue weighted by Crippen LogP contribution is 2.16. The molecular weight excluding hydrogens is 342 g/mol. The van der Waals surface area contributed by atoms with Gasteiger partial charge in [-0.05, 0) is 26.0 Å². The van der Waals surface area contributed by atoms with Crippen LogP contribution in [0, 0.1) is 0 Å². The van der Waals surface area contributed by atoms with Crippen LogP contribution in [-0.2, 0) is 20.9 Å². The van der Waals surface area contributed by atoms with Gasteiger partial charge in [0.05, 0.1) is 5.69 Å². The summed E-state index contributed by atoms with van der Waals surface area (Å²) >= 11 is 0. The van der Waals surface area contributed by atoms with E-state index < -0.39 is 35.8 Å². The second-order valence-electron chi connectivity index (χ2n) is 5.46.